The van der Waals surface area contributed by atoms with Crippen molar-refractivity contribution in [1.82, 2.24) is 0 Å². The van der Waals surface area contributed by atoms with Gasteiger partial charge in [-0.3, -0.25) is 14.4 Å². The Morgan fingerprint density at radius 2 is 0.507 bits per heavy atom. The van der Waals surface area contributed by atoms with Gasteiger partial charge in [-0.05, 0) is 83.5 Å². The number of ether oxygens (including phenoxy) is 3. The smallest absolute Gasteiger partial charge is 0.306 e. The number of esters is 3. The van der Waals surface area contributed by atoms with Gasteiger partial charge in [0.25, 0.3) is 0 Å². The average molecular weight is 996 g/mol. The summed E-state index contributed by atoms with van der Waals surface area (Å²) in [7, 11) is 0. The molecule has 1 atom stereocenters. The molecule has 0 aliphatic carbocycles. The second-order valence-corrected chi connectivity index (χ2v) is 21.0. The number of unbranched alkanes of at least 4 members (excludes halogenated alkanes) is 38. The highest BCUT2D eigenvalue weighted by Crippen LogP contribution is 2.17. The van der Waals surface area contributed by atoms with Crippen LogP contribution >= 0.6 is 0 Å². The third-order valence-corrected chi connectivity index (χ3v) is 13.8. The second-order valence-electron chi connectivity index (χ2n) is 21.0. The Balaban J connectivity index is 4.36. The minimum Gasteiger partial charge on any atom is -0.462 e. The lowest BCUT2D eigenvalue weighted by atomic mass is 10.0. The lowest BCUT2D eigenvalue weighted by Gasteiger charge is -2.18. The van der Waals surface area contributed by atoms with Crippen molar-refractivity contribution in [2.45, 2.75) is 335 Å². The van der Waals surface area contributed by atoms with E-state index in [2.05, 4.69) is 69.4 Å². The maximum absolute atomic E-state index is 12.9. The molecule has 0 unspecified atom stereocenters. The Morgan fingerprint density at radius 3 is 0.803 bits per heavy atom. The molecule has 0 aromatic carbocycles. The number of hydrogen-bond acceptors (Lipinski definition) is 6. The van der Waals surface area contributed by atoms with Crippen LogP contribution in [0.3, 0.4) is 0 Å². The standard InChI is InChI=1S/C65H118O6/c1-4-7-10-13-16-19-22-25-28-31-32-35-37-40-43-46-49-52-55-58-64(67)70-61-62(71-65(68)59-56-53-50-47-44-41-38-34-30-27-24-21-18-15-12-9-6-3)60-69-63(66)57-54-51-48-45-42-39-36-33-29-26-23-20-17-14-11-8-5-2/h16-17,19-20,25-26,28-29,62H,4-15,18,21-24,27,30-61H2,1-3H3/b19-16-,20-17-,28-25-,29-26-/t62-/m0/s1. The molecule has 0 spiro atoms. The van der Waals surface area contributed by atoms with Crippen molar-refractivity contribution in [3.05, 3.63) is 48.6 Å². The molecular formula is C65H118O6. The molecule has 0 aliphatic heterocycles. The first-order chi connectivity index (χ1) is 35.0. The third kappa shape index (κ3) is 58.1. The molecule has 71 heavy (non-hydrogen) atoms. The molecule has 0 saturated carbocycles. The first-order valence-corrected chi connectivity index (χ1v) is 31.1. The average Bonchev–Trinajstić information content (AvgIpc) is 3.37. The molecule has 0 bridgehead atoms. The fraction of sp³-hybridized carbons (Fsp3) is 0.831. The van der Waals surface area contributed by atoms with Crippen LogP contribution in [0.25, 0.3) is 0 Å². The number of carbonyl (C=O) groups excluding carboxylic acids is 3. The van der Waals surface area contributed by atoms with E-state index in [0.29, 0.717) is 19.3 Å². The van der Waals surface area contributed by atoms with E-state index in [1.807, 2.05) is 0 Å². The molecule has 0 aromatic rings. The van der Waals surface area contributed by atoms with Crippen molar-refractivity contribution < 1.29 is 28.6 Å². The Labute approximate surface area is 441 Å². The third-order valence-electron chi connectivity index (χ3n) is 13.8. The molecule has 0 radical (unpaired) electrons. The molecule has 0 aliphatic rings. The Bertz CT molecular complexity index is 1230. The van der Waals surface area contributed by atoms with E-state index in [-0.39, 0.29) is 31.1 Å². The molecule has 414 valence electrons. The second kappa shape index (κ2) is 59.9. The minimum absolute atomic E-state index is 0.0746. The fourth-order valence-corrected chi connectivity index (χ4v) is 9.09. The monoisotopic (exact) mass is 995 g/mol. The number of carbonyl (C=O) groups is 3. The molecule has 0 N–H and O–H groups in total. The zero-order valence-electron chi connectivity index (χ0n) is 47.5. The molecule has 0 amide bonds. The van der Waals surface area contributed by atoms with Crippen LogP contribution in [0.4, 0.5) is 0 Å². The van der Waals surface area contributed by atoms with E-state index in [4.69, 9.17) is 14.2 Å². The van der Waals surface area contributed by atoms with Crippen molar-refractivity contribution in [3.8, 4) is 0 Å². The summed E-state index contributed by atoms with van der Waals surface area (Å²) in [5.74, 6) is -0.866. The maximum atomic E-state index is 12.9. The van der Waals surface area contributed by atoms with Crippen LogP contribution in [0, 0.1) is 0 Å². The predicted molar refractivity (Wildman–Crippen MR) is 307 cm³/mol. The molecular weight excluding hydrogens is 877 g/mol. The molecule has 0 rings (SSSR count). The lowest BCUT2D eigenvalue weighted by molar-refractivity contribution is -0.167. The van der Waals surface area contributed by atoms with Gasteiger partial charge in [0, 0.05) is 19.3 Å². The van der Waals surface area contributed by atoms with Crippen LogP contribution in [0.2, 0.25) is 0 Å². The van der Waals surface area contributed by atoms with Crippen LogP contribution in [0.15, 0.2) is 48.6 Å². The summed E-state index contributed by atoms with van der Waals surface area (Å²) in [6.07, 6.45) is 73.9. The number of hydrogen-bond donors (Lipinski definition) is 0. The zero-order chi connectivity index (χ0) is 51.4. The van der Waals surface area contributed by atoms with E-state index in [0.717, 1.165) is 77.0 Å². The summed E-state index contributed by atoms with van der Waals surface area (Å²) in [6.45, 7) is 6.63. The summed E-state index contributed by atoms with van der Waals surface area (Å²) in [4.78, 5) is 38.3. The van der Waals surface area contributed by atoms with Gasteiger partial charge < -0.3 is 14.2 Å². The SMILES string of the molecule is CCCCC/C=C\C/C=C\CCCCCCCCCCCC(=O)OC[C@H](COC(=O)CCCCCCCCC/C=C\C/C=C\CCCCC)OC(=O)CCCCCCCCCCCCCCCCCCC. The first kappa shape index (κ1) is 68.4. The van der Waals surface area contributed by atoms with Crippen LogP contribution in [-0.2, 0) is 28.6 Å². The van der Waals surface area contributed by atoms with Gasteiger partial charge >= 0.3 is 17.9 Å². The zero-order valence-corrected chi connectivity index (χ0v) is 47.5. The largest absolute Gasteiger partial charge is 0.462 e. The molecule has 0 fully saturated rings. The van der Waals surface area contributed by atoms with Crippen LogP contribution in [0.5, 0.6) is 0 Å². The van der Waals surface area contributed by atoms with E-state index >= 15 is 0 Å². The van der Waals surface area contributed by atoms with Crippen molar-refractivity contribution in [2.24, 2.45) is 0 Å². The first-order valence-electron chi connectivity index (χ1n) is 31.1. The minimum atomic E-state index is -0.777. The van der Waals surface area contributed by atoms with Crippen molar-refractivity contribution in [3.63, 3.8) is 0 Å². The molecule has 0 saturated heterocycles. The predicted octanol–water partition coefficient (Wildman–Crippen LogP) is 21.0. The van der Waals surface area contributed by atoms with Crippen LogP contribution in [-0.4, -0.2) is 37.2 Å². The van der Waals surface area contributed by atoms with Gasteiger partial charge in [0.05, 0.1) is 0 Å². The van der Waals surface area contributed by atoms with Gasteiger partial charge in [0.2, 0.25) is 0 Å². The van der Waals surface area contributed by atoms with Gasteiger partial charge in [-0.2, -0.15) is 0 Å². The lowest BCUT2D eigenvalue weighted by Crippen LogP contribution is -2.30. The topological polar surface area (TPSA) is 78.9 Å². The molecule has 6 nitrogen and oxygen atoms in total. The summed E-state index contributed by atoms with van der Waals surface area (Å²) < 4.78 is 16.9. The van der Waals surface area contributed by atoms with Crippen molar-refractivity contribution >= 4 is 17.9 Å². The van der Waals surface area contributed by atoms with Gasteiger partial charge in [0.15, 0.2) is 6.10 Å². The van der Waals surface area contributed by atoms with Crippen molar-refractivity contribution in [2.75, 3.05) is 13.2 Å². The number of rotatable bonds is 57. The van der Waals surface area contributed by atoms with E-state index in [1.165, 1.54) is 212 Å². The summed E-state index contributed by atoms with van der Waals surface area (Å²) >= 11 is 0. The molecule has 0 aromatic heterocycles. The molecule has 0 heterocycles. The highest BCUT2D eigenvalue weighted by atomic mass is 16.6. The van der Waals surface area contributed by atoms with E-state index < -0.39 is 6.10 Å². The summed E-state index contributed by atoms with van der Waals surface area (Å²) in [5.41, 5.74) is 0. The van der Waals surface area contributed by atoms with Gasteiger partial charge in [-0.25, -0.2) is 0 Å². The van der Waals surface area contributed by atoms with Crippen LogP contribution < -0.4 is 0 Å². The Kier molecular flexibility index (Phi) is 57.7. The molecule has 6 heteroatoms. The highest BCUT2D eigenvalue weighted by molar-refractivity contribution is 5.71. The van der Waals surface area contributed by atoms with E-state index in [9.17, 15) is 14.4 Å². The highest BCUT2D eigenvalue weighted by Gasteiger charge is 2.19. The normalized spacial score (nSPS) is 12.3. The van der Waals surface area contributed by atoms with Gasteiger partial charge in [-0.1, -0.05) is 275 Å². The maximum Gasteiger partial charge on any atom is 0.306 e. The quantitative estimate of drug-likeness (QED) is 0.0261. The fourth-order valence-electron chi connectivity index (χ4n) is 9.09. The van der Waals surface area contributed by atoms with Crippen LogP contribution in [0.1, 0.15) is 329 Å². The number of allylic oxidation sites excluding steroid dienone is 8. The van der Waals surface area contributed by atoms with Crippen molar-refractivity contribution in [1.29, 1.82) is 0 Å². The summed E-state index contributed by atoms with van der Waals surface area (Å²) in [6, 6.07) is 0. The van der Waals surface area contributed by atoms with Gasteiger partial charge in [0.1, 0.15) is 13.2 Å². The van der Waals surface area contributed by atoms with Gasteiger partial charge in [-0.15, -0.1) is 0 Å². The Hall–Kier alpha value is -2.63. The van der Waals surface area contributed by atoms with E-state index in [1.54, 1.807) is 0 Å². The summed E-state index contributed by atoms with van der Waals surface area (Å²) in [5, 5.41) is 0. The Morgan fingerprint density at radius 1 is 0.282 bits per heavy atom.